The Kier molecular flexibility index (Phi) is 5.40. The molecule has 6 heteroatoms. The number of hydrogen-bond donors (Lipinski definition) is 1. The molecule has 108 valence electrons. The molecule has 1 aromatic rings. The van der Waals surface area contributed by atoms with Crippen LogP contribution in [0.3, 0.4) is 0 Å². The molecule has 1 N–H and O–H groups in total. The Hall–Kier alpha value is -1.56. The number of carbonyl (C=O) groups excluding carboxylic acids is 1. The summed E-state index contributed by atoms with van der Waals surface area (Å²) in [6, 6.07) is 3.75. The Labute approximate surface area is 122 Å². The molecule has 5 nitrogen and oxygen atoms in total. The minimum Gasteiger partial charge on any atom is -0.481 e. The highest BCUT2D eigenvalue weighted by Crippen LogP contribution is 2.22. The monoisotopic (exact) mass is 294 g/mol. The van der Waals surface area contributed by atoms with Crippen LogP contribution in [0.2, 0.25) is 0 Å². The van der Waals surface area contributed by atoms with Crippen molar-refractivity contribution < 1.29 is 14.7 Å². The summed E-state index contributed by atoms with van der Waals surface area (Å²) in [7, 11) is 0. The van der Waals surface area contributed by atoms with Crippen molar-refractivity contribution in [3.63, 3.8) is 0 Å². The van der Waals surface area contributed by atoms with Gasteiger partial charge in [0.2, 0.25) is 5.91 Å². The minimum atomic E-state index is -0.782. The van der Waals surface area contributed by atoms with Crippen molar-refractivity contribution in [3.05, 3.63) is 24.5 Å². The lowest BCUT2D eigenvalue weighted by Gasteiger charge is -2.32. The van der Waals surface area contributed by atoms with Crippen LogP contribution in [0, 0.1) is 5.92 Å². The van der Waals surface area contributed by atoms with E-state index in [1.807, 2.05) is 12.1 Å². The topological polar surface area (TPSA) is 70.5 Å². The molecule has 20 heavy (non-hydrogen) atoms. The average molecular weight is 294 g/mol. The molecule has 0 spiro atoms. The smallest absolute Gasteiger partial charge is 0.303 e. The zero-order valence-corrected chi connectivity index (χ0v) is 12.0. The number of aliphatic carboxylic acids is 1. The van der Waals surface area contributed by atoms with E-state index in [1.165, 1.54) is 11.8 Å². The fraction of sp³-hybridized carbons (Fsp3) is 0.500. The van der Waals surface area contributed by atoms with Gasteiger partial charge < -0.3 is 10.0 Å². The maximum Gasteiger partial charge on any atom is 0.303 e. The van der Waals surface area contributed by atoms with Crippen LogP contribution in [0.15, 0.2) is 29.4 Å². The largest absolute Gasteiger partial charge is 0.481 e. The van der Waals surface area contributed by atoms with Crippen LogP contribution in [0.5, 0.6) is 0 Å². The minimum absolute atomic E-state index is 0.0851. The van der Waals surface area contributed by atoms with Gasteiger partial charge in [0.15, 0.2) is 0 Å². The zero-order chi connectivity index (χ0) is 14.4. The molecule has 2 heterocycles. The number of hydrogen-bond acceptors (Lipinski definition) is 4. The van der Waals surface area contributed by atoms with Gasteiger partial charge in [-0.2, -0.15) is 0 Å². The highest BCUT2D eigenvalue weighted by atomic mass is 32.2. The molecule has 1 amide bonds. The maximum atomic E-state index is 12.1. The number of aromatic nitrogens is 1. The Bertz CT molecular complexity index is 467. The summed E-state index contributed by atoms with van der Waals surface area (Å²) in [4.78, 5) is 29.6. The number of carbonyl (C=O) groups is 2. The Morgan fingerprint density at radius 3 is 2.85 bits per heavy atom. The van der Waals surface area contributed by atoms with E-state index in [4.69, 9.17) is 5.11 Å². The van der Waals surface area contributed by atoms with Gasteiger partial charge in [-0.3, -0.25) is 14.6 Å². The average Bonchev–Trinajstić information content (AvgIpc) is 2.45. The molecule has 1 saturated heterocycles. The second-order valence-corrected chi connectivity index (χ2v) is 5.97. The van der Waals surface area contributed by atoms with E-state index in [0.29, 0.717) is 12.3 Å². The molecule has 1 aromatic heterocycles. The van der Waals surface area contributed by atoms with E-state index in [0.717, 1.165) is 24.3 Å². The number of pyridine rings is 1. The van der Waals surface area contributed by atoms with Gasteiger partial charge in [0, 0.05) is 36.8 Å². The first-order valence-electron chi connectivity index (χ1n) is 6.67. The van der Waals surface area contributed by atoms with Crippen molar-refractivity contribution in [1.29, 1.82) is 0 Å². The van der Waals surface area contributed by atoms with Gasteiger partial charge in [0.1, 0.15) is 0 Å². The van der Waals surface area contributed by atoms with Crippen molar-refractivity contribution >= 4 is 23.6 Å². The molecule has 0 radical (unpaired) electrons. The van der Waals surface area contributed by atoms with Crippen molar-refractivity contribution in [2.24, 2.45) is 5.92 Å². The van der Waals surface area contributed by atoms with Crippen molar-refractivity contribution in [2.45, 2.75) is 24.2 Å². The number of amides is 1. The fourth-order valence-electron chi connectivity index (χ4n) is 2.38. The predicted molar refractivity (Wildman–Crippen MR) is 76.5 cm³/mol. The lowest BCUT2D eigenvalue weighted by molar-refractivity contribution is -0.140. The number of carboxylic acid groups (broad SMARTS) is 1. The molecule has 1 fully saturated rings. The van der Waals surface area contributed by atoms with E-state index in [9.17, 15) is 9.59 Å². The molecule has 0 bridgehead atoms. The van der Waals surface area contributed by atoms with E-state index in [2.05, 4.69) is 4.98 Å². The number of piperidine rings is 1. The van der Waals surface area contributed by atoms with Gasteiger partial charge in [-0.15, -0.1) is 11.8 Å². The summed E-state index contributed by atoms with van der Waals surface area (Å²) in [5.74, 6) is -0.211. The first-order valence-corrected chi connectivity index (χ1v) is 7.66. The lowest BCUT2D eigenvalue weighted by atomic mass is 9.95. The van der Waals surface area contributed by atoms with E-state index in [-0.39, 0.29) is 18.2 Å². The van der Waals surface area contributed by atoms with Crippen LogP contribution in [-0.4, -0.2) is 45.7 Å². The quantitative estimate of drug-likeness (QED) is 0.840. The molecule has 0 aromatic carbocycles. The summed E-state index contributed by atoms with van der Waals surface area (Å²) >= 11 is 1.49. The first-order chi connectivity index (χ1) is 9.65. The summed E-state index contributed by atoms with van der Waals surface area (Å²) in [5.41, 5.74) is 0. The van der Waals surface area contributed by atoms with Crippen molar-refractivity contribution in [2.75, 3.05) is 18.8 Å². The number of rotatable bonds is 5. The van der Waals surface area contributed by atoms with Crippen LogP contribution < -0.4 is 0 Å². The third-order valence-corrected chi connectivity index (χ3v) is 4.34. The SMILES string of the molecule is O=C(O)CC1CCCN(C(=O)CSc2ccncc2)C1. The molecule has 1 unspecified atom stereocenters. The normalized spacial score (nSPS) is 18.8. The summed E-state index contributed by atoms with van der Waals surface area (Å²) in [6.45, 7) is 1.31. The number of likely N-dealkylation sites (tertiary alicyclic amines) is 1. The van der Waals surface area contributed by atoms with Gasteiger partial charge in [0.25, 0.3) is 0 Å². The van der Waals surface area contributed by atoms with Crippen molar-refractivity contribution in [3.8, 4) is 0 Å². The van der Waals surface area contributed by atoms with E-state index >= 15 is 0 Å². The van der Waals surface area contributed by atoms with Gasteiger partial charge in [0.05, 0.1) is 5.75 Å². The molecule has 1 atom stereocenters. The predicted octanol–water partition coefficient (Wildman–Crippen LogP) is 1.89. The van der Waals surface area contributed by atoms with Crippen LogP contribution in [0.4, 0.5) is 0 Å². The zero-order valence-electron chi connectivity index (χ0n) is 11.2. The third kappa shape index (κ3) is 4.52. The molecular formula is C14H18N2O3S. The summed E-state index contributed by atoms with van der Waals surface area (Å²) in [6.07, 6.45) is 5.35. The molecular weight excluding hydrogens is 276 g/mol. The second kappa shape index (κ2) is 7.28. The number of nitrogens with zero attached hydrogens (tertiary/aromatic N) is 2. The molecule has 1 aliphatic heterocycles. The molecule has 2 rings (SSSR count). The molecule has 0 saturated carbocycles. The third-order valence-electron chi connectivity index (χ3n) is 3.35. The highest BCUT2D eigenvalue weighted by molar-refractivity contribution is 8.00. The highest BCUT2D eigenvalue weighted by Gasteiger charge is 2.25. The Balaban J connectivity index is 1.81. The standard InChI is InChI=1S/C14H18N2O3S/c17-13(10-20-12-3-5-15-6-4-12)16-7-1-2-11(9-16)8-14(18)19/h3-6,11H,1-2,7-10H2,(H,18,19). The molecule has 1 aliphatic rings. The van der Waals surface area contributed by atoms with Crippen LogP contribution in [-0.2, 0) is 9.59 Å². The van der Waals surface area contributed by atoms with Crippen LogP contribution >= 0.6 is 11.8 Å². The van der Waals surface area contributed by atoms with Gasteiger partial charge >= 0.3 is 5.97 Å². The Morgan fingerprint density at radius 2 is 2.15 bits per heavy atom. The number of thioether (sulfide) groups is 1. The first kappa shape index (κ1) is 14.8. The van der Waals surface area contributed by atoms with E-state index < -0.39 is 5.97 Å². The van der Waals surface area contributed by atoms with Gasteiger partial charge in [-0.05, 0) is 30.9 Å². The number of carboxylic acids is 1. The molecule has 0 aliphatic carbocycles. The van der Waals surface area contributed by atoms with E-state index in [1.54, 1.807) is 17.3 Å². The van der Waals surface area contributed by atoms with Crippen LogP contribution in [0.1, 0.15) is 19.3 Å². The Morgan fingerprint density at radius 1 is 1.40 bits per heavy atom. The van der Waals surface area contributed by atoms with Gasteiger partial charge in [-0.25, -0.2) is 0 Å². The summed E-state index contributed by atoms with van der Waals surface area (Å²) in [5, 5.41) is 8.83. The van der Waals surface area contributed by atoms with Crippen LogP contribution in [0.25, 0.3) is 0 Å². The maximum absolute atomic E-state index is 12.1. The lowest BCUT2D eigenvalue weighted by Crippen LogP contribution is -2.41. The van der Waals surface area contributed by atoms with Gasteiger partial charge in [-0.1, -0.05) is 0 Å². The van der Waals surface area contributed by atoms with Crippen molar-refractivity contribution in [1.82, 2.24) is 9.88 Å². The second-order valence-electron chi connectivity index (χ2n) is 4.92. The fourth-order valence-corrected chi connectivity index (χ4v) is 3.16. The summed E-state index contributed by atoms with van der Waals surface area (Å²) < 4.78 is 0.